The van der Waals surface area contributed by atoms with E-state index in [0.29, 0.717) is 16.7 Å². The number of halogens is 5. The van der Waals surface area contributed by atoms with Gasteiger partial charge in [-0.3, -0.25) is 0 Å². The molecule has 0 radical (unpaired) electrons. The molecule has 2 rings (SSSR count). The lowest BCUT2D eigenvalue weighted by Gasteiger charge is -2.15. The zero-order valence-electron chi connectivity index (χ0n) is 17.9. The van der Waals surface area contributed by atoms with Crippen LogP contribution in [0.5, 0.6) is 5.75 Å². The summed E-state index contributed by atoms with van der Waals surface area (Å²) in [5.74, 6) is -3.27. The molecule has 0 amide bonds. The Balaban J connectivity index is 2.38. The molecule has 0 fully saturated rings. The summed E-state index contributed by atoms with van der Waals surface area (Å²) in [6, 6.07) is 7.19. The molecule has 0 unspecified atom stereocenters. The van der Waals surface area contributed by atoms with Gasteiger partial charge < -0.3 is 19.1 Å². The molecule has 0 atom stereocenters. The van der Waals surface area contributed by atoms with E-state index in [1.807, 2.05) is 0 Å². The van der Waals surface area contributed by atoms with E-state index in [1.165, 1.54) is 21.1 Å². The molecule has 33 heavy (non-hydrogen) atoms. The fourth-order valence-electron chi connectivity index (χ4n) is 2.78. The van der Waals surface area contributed by atoms with Gasteiger partial charge in [0.25, 0.3) is 0 Å². The highest BCUT2D eigenvalue weighted by Crippen LogP contribution is 2.33. The first kappa shape index (κ1) is 25.9. The van der Waals surface area contributed by atoms with E-state index in [0.717, 1.165) is 12.1 Å². The van der Waals surface area contributed by atoms with Crippen molar-refractivity contribution in [2.24, 2.45) is 10.3 Å². The minimum atomic E-state index is -5.15. The molecule has 0 bridgehead atoms. The van der Waals surface area contributed by atoms with Crippen LogP contribution in [0.3, 0.4) is 0 Å². The van der Waals surface area contributed by atoms with Crippen LogP contribution >= 0.6 is 11.6 Å². The number of hydrogen-bond donors (Lipinski definition) is 0. The molecule has 12 heteroatoms. The summed E-state index contributed by atoms with van der Waals surface area (Å²) >= 11 is 5.58. The number of rotatable bonds is 8. The normalized spacial score (nSPS) is 12.4. The molecule has 178 valence electrons. The highest BCUT2D eigenvalue weighted by molar-refractivity contribution is 6.43. The largest absolute Gasteiger partial charge is 0.573 e. The fraction of sp³-hybridized carbons (Fsp3) is 0.286. The fourth-order valence-corrected chi connectivity index (χ4v) is 2.92. The summed E-state index contributed by atoms with van der Waals surface area (Å²) in [7, 11) is 2.44. The number of ether oxygens (including phenoxy) is 2. The zero-order chi connectivity index (χ0) is 24.8. The van der Waals surface area contributed by atoms with Crippen LogP contribution in [-0.4, -0.2) is 38.0 Å². The van der Waals surface area contributed by atoms with Crippen LogP contribution in [-0.2, 0) is 25.8 Å². The number of carbonyl (C=O) groups excluding carboxylic acids is 1. The van der Waals surface area contributed by atoms with E-state index in [1.54, 1.807) is 25.1 Å². The Morgan fingerprint density at radius 3 is 2.39 bits per heavy atom. The van der Waals surface area contributed by atoms with Gasteiger partial charge in [0, 0.05) is 16.7 Å². The van der Waals surface area contributed by atoms with Gasteiger partial charge in [0.1, 0.15) is 13.7 Å². The summed E-state index contributed by atoms with van der Waals surface area (Å²) in [4.78, 5) is 22.1. The van der Waals surface area contributed by atoms with Gasteiger partial charge in [-0.2, -0.15) is 0 Å². The van der Waals surface area contributed by atoms with E-state index in [-0.39, 0.29) is 23.6 Å². The van der Waals surface area contributed by atoms with Crippen LogP contribution in [0.25, 0.3) is 0 Å². The molecule has 0 N–H and O–H groups in total. The minimum absolute atomic E-state index is 0.112. The lowest BCUT2D eigenvalue weighted by Crippen LogP contribution is -2.20. The van der Waals surface area contributed by atoms with Crippen molar-refractivity contribution in [3.05, 3.63) is 63.4 Å². The first-order valence-corrected chi connectivity index (χ1v) is 9.57. The van der Waals surface area contributed by atoms with Crippen LogP contribution in [0, 0.1) is 12.7 Å². The smallest absolute Gasteiger partial charge is 0.464 e. The number of hydrogen-bond acceptors (Lipinski definition) is 7. The van der Waals surface area contributed by atoms with E-state index in [4.69, 9.17) is 26.0 Å². The van der Waals surface area contributed by atoms with E-state index in [2.05, 4.69) is 15.0 Å². The molecule has 0 saturated carbocycles. The van der Waals surface area contributed by atoms with Gasteiger partial charge >= 0.3 is 12.3 Å². The number of carbonyl (C=O) groups is 1. The molecule has 0 spiro atoms. The number of methoxy groups -OCH3 is 1. The Labute approximate surface area is 191 Å². The summed E-state index contributed by atoms with van der Waals surface area (Å²) in [5.41, 5.74) is 0.990. The maximum Gasteiger partial charge on any atom is 0.573 e. The third kappa shape index (κ3) is 6.58. The number of alkyl halides is 3. The molecular formula is C21H19ClF4N2O5. The van der Waals surface area contributed by atoms with Crippen molar-refractivity contribution < 1.29 is 41.5 Å². The van der Waals surface area contributed by atoms with Crippen LogP contribution in [0.4, 0.5) is 17.6 Å². The second-order valence-electron chi connectivity index (χ2n) is 6.45. The Hall–Kier alpha value is -3.34. The van der Waals surface area contributed by atoms with Gasteiger partial charge in [-0.1, -0.05) is 40.1 Å². The lowest BCUT2D eigenvalue weighted by molar-refractivity contribution is -0.275. The average molecular weight is 491 g/mol. The van der Waals surface area contributed by atoms with Crippen molar-refractivity contribution in [2.75, 3.05) is 14.2 Å². The molecular weight excluding hydrogens is 472 g/mol. The molecule has 0 aliphatic heterocycles. The van der Waals surface area contributed by atoms with Crippen molar-refractivity contribution in [1.82, 2.24) is 0 Å². The molecule has 7 nitrogen and oxygen atoms in total. The Kier molecular flexibility index (Phi) is 8.63. The monoisotopic (exact) mass is 490 g/mol. The van der Waals surface area contributed by atoms with Crippen LogP contribution in [0.1, 0.15) is 29.2 Å². The first-order chi connectivity index (χ1) is 15.5. The van der Waals surface area contributed by atoms with Gasteiger partial charge in [0.2, 0.25) is 0 Å². The van der Waals surface area contributed by atoms with Crippen molar-refractivity contribution >= 4 is 29.0 Å². The summed E-state index contributed by atoms with van der Waals surface area (Å²) in [6.07, 6.45) is -5.15. The standard InChI is InChI=1S/C21H19ClF4N2O5/c1-11-6-5-7-14(18(28-31-4)20(29)30-3)15(11)10-32-27-12(2)13-8-9-16(22)17(23)19(13)33-21(24,25)26/h5-9H,10H2,1-4H3/b27-12+,28-18+. The molecule has 0 aromatic heterocycles. The molecule has 0 aliphatic carbocycles. The average Bonchev–Trinajstić information content (AvgIpc) is 2.75. The second kappa shape index (κ2) is 11.0. The van der Waals surface area contributed by atoms with Crippen LogP contribution in [0.15, 0.2) is 40.6 Å². The minimum Gasteiger partial charge on any atom is -0.464 e. The van der Waals surface area contributed by atoms with Crippen LogP contribution < -0.4 is 4.74 Å². The predicted molar refractivity (Wildman–Crippen MR) is 112 cm³/mol. The summed E-state index contributed by atoms with van der Waals surface area (Å²) < 4.78 is 60.9. The molecule has 0 saturated heterocycles. The maximum atomic E-state index is 14.2. The van der Waals surface area contributed by atoms with Crippen LogP contribution in [0.2, 0.25) is 5.02 Å². The van der Waals surface area contributed by atoms with Gasteiger partial charge in [0.15, 0.2) is 17.3 Å². The van der Waals surface area contributed by atoms with E-state index < -0.39 is 28.9 Å². The number of aryl methyl sites for hydroxylation is 1. The Morgan fingerprint density at radius 1 is 1.09 bits per heavy atom. The number of nitrogens with zero attached hydrogens (tertiary/aromatic N) is 2. The van der Waals surface area contributed by atoms with Gasteiger partial charge in [-0.15, -0.1) is 13.2 Å². The molecule has 2 aromatic rings. The highest BCUT2D eigenvalue weighted by Gasteiger charge is 2.34. The third-order valence-electron chi connectivity index (χ3n) is 4.29. The summed E-state index contributed by atoms with van der Waals surface area (Å²) in [5, 5.41) is 6.92. The summed E-state index contributed by atoms with van der Waals surface area (Å²) in [6.45, 7) is 2.84. The Bertz CT molecular complexity index is 1090. The third-order valence-corrected chi connectivity index (χ3v) is 4.59. The number of esters is 1. The SMILES string of the molecule is CO/N=C(/C(=O)OC)c1cccc(C)c1CO/N=C(\C)c1ccc(Cl)c(F)c1OC(F)(F)F. The lowest BCUT2D eigenvalue weighted by atomic mass is 9.99. The van der Waals surface area contributed by atoms with Crippen molar-refractivity contribution in [3.8, 4) is 5.75 Å². The van der Waals surface area contributed by atoms with Crippen molar-refractivity contribution in [3.63, 3.8) is 0 Å². The van der Waals surface area contributed by atoms with Crippen molar-refractivity contribution in [1.29, 1.82) is 0 Å². The Morgan fingerprint density at radius 2 is 1.79 bits per heavy atom. The predicted octanol–water partition coefficient (Wildman–Crippen LogP) is 5.15. The van der Waals surface area contributed by atoms with Gasteiger partial charge in [-0.25, -0.2) is 9.18 Å². The number of oxime groups is 2. The van der Waals surface area contributed by atoms with E-state index >= 15 is 0 Å². The first-order valence-electron chi connectivity index (χ1n) is 9.19. The molecule has 0 heterocycles. The zero-order valence-corrected chi connectivity index (χ0v) is 18.7. The molecule has 0 aliphatic rings. The molecule has 2 aromatic carbocycles. The quantitative estimate of drug-likeness (QED) is 0.221. The number of benzene rings is 2. The maximum absolute atomic E-state index is 14.2. The topological polar surface area (TPSA) is 78.7 Å². The highest BCUT2D eigenvalue weighted by atomic mass is 35.5. The van der Waals surface area contributed by atoms with Gasteiger partial charge in [-0.05, 0) is 31.5 Å². The van der Waals surface area contributed by atoms with Gasteiger partial charge in [0.05, 0.1) is 17.8 Å². The van der Waals surface area contributed by atoms with Crippen molar-refractivity contribution in [2.45, 2.75) is 26.8 Å². The van der Waals surface area contributed by atoms with E-state index in [9.17, 15) is 22.4 Å². The second-order valence-corrected chi connectivity index (χ2v) is 6.86.